The van der Waals surface area contributed by atoms with Crippen LogP contribution in [0.1, 0.15) is 19.4 Å². The SMILES string of the molecule is COc1ccccc1NC(=O)/C=c1/s/c(=C/c2ccc(OC)c(OCC(C)C)c2)c(=O)n1C. The molecule has 1 heterocycles. The lowest BCUT2D eigenvalue weighted by Gasteiger charge is -2.12. The standard InChI is InChI=1S/C25H28N2O5S/c1-16(2)15-32-21-12-17(10-11-20(21)31-5)13-22-25(29)27(3)24(33-22)14-23(28)26-18-8-6-7-9-19(18)30-4/h6-14,16H,15H2,1-5H3,(H,26,28)/b22-13+,24-14+. The van der Waals surface area contributed by atoms with E-state index in [-0.39, 0.29) is 11.5 Å². The Morgan fingerprint density at radius 1 is 1.09 bits per heavy atom. The van der Waals surface area contributed by atoms with Crippen molar-refractivity contribution in [3.63, 3.8) is 0 Å². The van der Waals surface area contributed by atoms with Crippen LogP contribution in [0.25, 0.3) is 12.2 Å². The van der Waals surface area contributed by atoms with Gasteiger partial charge in [0.2, 0.25) is 0 Å². The second kappa shape index (κ2) is 10.9. The van der Waals surface area contributed by atoms with Gasteiger partial charge in [-0.3, -0.25) is 9.59 Å². The molecule has 174 valence electrons. The average Bonchev–Trinajstić information content (AvgIpc) is 3.05. The van der Waals surface area contributed by atoms with Crippen LogP contribution in [0, 0.1) is 5.92 Å². The van der Waals surface area contributed by atoms with Gasteiger partial charge in [-0.2, -0.15) is 0 Å². The highest BCUT2D eigenvalue weighted by Gasteiger charge is 2.09. The number of carbonyl (C=O) groups is 1. The first-order valence-corrected chi connectivity index (χ1v) is 11.3. The third-order valence-electron chi connectivity index (χ3n) is 4.74. The molecule has 3 aromatic rings. The molecular weight excluding hydrogens is 440 g/mol. The summed E-state index contributed by atoms with van der Waals surface area (Å²) in [4.78, 5) is 25.3. The Bertz CT molecular complexity index is 1310. The fourth-order valence-electron chi connectivity index (χ4n) is 3.04. The van der Waals surface area contributed by atoms with Gasteiger partial charge in [0, 0.05) is 13.1 Å². The molecule has 0 bridgehead atoms. The van der Waals surface area contributed by atoms with E-state index in [0.29, 0.717) is 44.7 Å². The van der Waals surface area contributed by atoms with Crippen LogP contribution in [0.2, 0.25) is 0 Å². The van der Waals surface area contributed by atoms with Crippen LogP contribution in [0.5, 0.6) is 17.2 Å². The Morgan fingerprint density at radius 2 is 1.82 bits per heavy atom. The van der Waals surface area contributed by atoms with E-state index in [4.69, 9.17) is 14.2 Å². The molecule has 1 amide bonds. The first kappa shape index (κ1) is 24.1. The summed E-state index contributed by atoms with van der Waals surface area (Å²) in [7, 11) is 4.77. The van der Waals surface area contributed by atoms with Gasteiger partial charge in [-0.1, -0.05) is 32.0 Å². The number of methoxy groups -OCH3 is 2. The number of nitrogens with one attached hydrogen (secondary N) is 1. The van der Waals surface area contributed by atoms with Gasteiger partial charge in [-0.05, 0) is 41.8 Å². The van der Waals surface area contributed by atoms with Crippen LogP contribution in [0.4, 0.5) is 5.69 Å². The van der Waals surface area contributed by atoms with Crippen molar-refractivity contribution in [3.05, 3.63) is 67.6 Å². The molecule has 3 rings (SSSR count). The summed E-state index contributed by atoms with van der Waals surface area (Å²) in [6.07, 6.45) is 3.19. The van der Waals surface area contributed by atoms with E-state index in [2.05, 4.69) is 19.2 Å². The zero-order valence-electron chi connectivity index (χ0n) is 19.4. The summed E-state index contributed by atoms with van der Waals surface area (Å²) in [6.45, 7) is 4.70. The Labute approximate surface area is 196 Å². The van der Waals surface area contributed by atoms with E-state index in [1.165, 1.54) is 29.1 Å². The number of carbonyl (C=O) groups excluding carboxylic acids is 1. The minimum absolute atomic E-state index is 0.184. The largest absolute Gasteiger partial charge is 0.495 e. The van der Waals surface area contributed by atoms with Crippen LogP contribution < -0.4 is 34.3 Å². The van der Waals surface area contributed by atoms with Crippen LogP contribution >= 0.6 is 11.3 Å². The summed E-state index contributed by atoms with van der Waals surface area (Å²) < 4.78 is 19.0. The quantitative estimate of drug-likeness (QED) is 0.550. The molecule has 0 aliphatic heterocycles. The van der Waals surface area contributed by atoms with Crippen molar-refractivity contribution in [1.82, 2.24) is 4.57 Å². The third-order valence-corrected chi connectivity index (χ3v) is 5.85. The lowest BCUT2D eigenvalue weighted by Crippen LogP contribution is -2.29. The van der Waals surface area contributed by atoms with Gasteiger partial charge in [0.15, 0.2) is 11.5 Å². The van der Waals surface area contributed by atoms with Gasteiger partial charge < -0.3 is 24.1 Å². The first-order chi connectivity index (χ1) is 15.8. The normalized spacial score (nSPS) is 12.2. The van der Waals surface area contributed by atoms with Crippen molar-refractivity contribution in [3.8, 4) is 17.2 Å². The zero-order valence-corrected chi connectivity index (χ0v) is 20.2. The minimum atomic E-state index is -0.350. The monoisotopic (exact) mass is 468 g/mol. The fraction of sp³-hybridized carbons (Fsp3) is 0.280. The molecule has 33 heavy (non-hydrogen) atoms. The van der Waals surface area contributed by atoms with Crippen LogP contribution in [0.3, 0.4) is 0 Å². The number of para-hydroxylation sites is 2. The van der Waals surface area contributed by atoms with Crippen molar-refractivity contribution >= 4 is 35.1 Å². The van der Waals surface area contributed by atoms with Crippen molar-refractivity contribution in [2.24, 2.45) is 13.0 Å². The van der Waals surface area contributed by atoms with Gasteiger partial charge in [0.05, 0.1) is 31.0 Å². The maximum absolute atomic E-state index is 12.8. The number of thiazole rings is 1. The molecule has 8 heteroatoms. The molecular formula is C25H28N2O5S. The van der Waals surface area contributed by atoms with E-state index in [1.807, 2.05) is 24.3 Å². The smallest absolute Gasteiger partial charge is 0.268 e. The second-order valence-corrected chi connectivity index (χ2v) is 8.82. The Kier molecular flexibility index (Phi) is 7.95. The highest BCUT2D eigenvalue weighted by Crippen LogP contribution is 2.28. The molecule has 0 aliphatic rings. The number of rotatable bonds is 8. The average molecular weight is 469 g/mol. The lowest BCUT2D eigenvalue weighted by molar-refractivity contribution is -0.110. The van der Waals surface area contributed by atoms with Crippen molar-refractivity contribution in [1.29, 1.82) is 0 Å². The number of nitrogens with zero attached hydrogens (tertiary/aromatic N) is 1. The van der Waals surface area contributed by atoms with E-state index in [1.54, 1.807) is 38.4 Å². The molecule has 1 N–H and O–H groups in total. The molecule has 0 fully saturated rings. The van der Waals surface area contributed by atoms with Crippen molar-refractivity contribution < 1.29 is 19.0 Å². The molecule has 0 unspecified atom stereocenters. The number of anilines is 1. The van der Waals surface area contributed by atoms with Crippen LogP contribution in [0.15, 0.2) is 47.3 Å². The fourth-order valence-corrected chi connectivity index (χ4v) is 4.07. The van der Waals surface area contributed by atoms with Gasteiger partial charge >= 0.3 is 0 Å². The van der Waals surface area contributed by atoms with Gasteiger partial charge in [-0.25, -0.2) is 0 Å². The van der Waals surface area contributed by atoms with Crippen molar-refractivity contribution in [2.75, 3.05) is 26.1 Å². The van der Waals surface area contributed by atoms with Crippen LogP contribution in [-0.4, -0.2) is 31.3 Å². The first-order valence-electron chi connectivity index (χ1n) is 10.5. The van der Waals surface area contributed by atoms with Crippen molar-refractivity contribution in [2.45, 2.75) is 13.8 Å². The molecule has 2 aromatic carbocycles. The van der Waals surface area contributed by atoms with Crippen LogP contribution in [-0.2, 0) is 11.8 Å². The maximum Gasteiger partial charge on any atom is 0.268 e. The van der Waals surface area contributed by atoms with Gasteiger partial charge in [-0.15, -0.1) is 11.3 Å². The van der Waals surface area contributed by atoms with E-state index in [9.17, 15) is 9.59 Å². The molecule has 0 atom stereocenters. The predicted octanol–water partition coefficient (Wildman–Crippen LogP) is 2.75. The van der Waals surface area contributed by atoms with E-state index in [0.717, 1.165) is 5.56 Å². The highest BCUT2D eigenvalue weighted by molar-refractivity contribution is 7.07. The molecule has 0 saturated carbocycles. The van der Waals surface area contributed by atoms with E-state index < -0.39 is 0 Å². The number of hydrogen-bond donors (Lipinski definition) is 1. The number of hydrogen-bond acceptors (Lipinski definition) is 6. The number of amides is 1. The predicted molar refractivity (Wildman–Crippen MR) is 132 cm³/mol. The summed E-state index contributed by atoms with van der Waals surface area (Å²) >= 11 is 1.24. The molecule has 0 saturated heterocycles. The molecule has 0 spiro atoms. The summed E-state index contributed by atoms with van der Waals surface area (Å²) in [6, 6.07) is 12.7. The lowest BCUT2D eigenvalue weighted by atomic mass is 10.2. The zero-order chi connectivity index (χ0) is 24.0. The maximum atomic E-state index is 12.8. The number of aromatic nitrogens is 1. The third kappa shape index (κ3) is 6.04. The van der Waals surface area contributed by atoms with Gasteiger partial charge in [0.1, 0.15) is 10.4 Å². The number of benzene rings is 2. The molecule has 1 aromatic heterocycles. The molecule has 7 nitrogen and oxygen atoms in total. The summed E-state index contributed by atoms with van der Waals surface area (Å²) in [5.41, 5.74) is 1.18. The second-order valence-electron chi connectivity index (χ2n) is 7.76. The Balaban J connectivity index is 1.93. The van der Waals surface area contributed by atoms with Gasteiger partial charge in [0.25, 0.3) is 11.5 Å². The number of ether oxygens (including phenoxy) is 3. The Hall–Kier alpha value is -3.52. The molecule has 0 radical (unpaired) electrons. The topological polar surface area (TPSA) is 78.8 Å². The molecule has 0 aliphatic carbocycles. The highest BCUT2D eigenvalue weighted by atomic mass is 32.1. The van der Waals surface area contributed by atoms with E-state index >= 15 is 0 Å². The minimum Gasteiger partial charge on any atom is -0.495 e. The summed E-state index contributed by atoms with van der Waals surface area (Å²) in [5, 5.41) is 2.79. The summed E-state index contributed by atoms with van der Waals surface area (Å²) in [5.74, 6) is 1.83. The Morgan fingerprint density at radius 3 is 2.52 bits per heavy atom.